The van der Waals surface area contributed by atoms with Gasteiger partial charge in [0, 0.05) is 75.9 Å². The van der Waals surface area contributed by atoms with Crippen LogP contribution in [0.3, 0.4) is 0 Å². The predicted molar refractivity (Wildman–Crippen MR) is 151 cm³/mol. The molecule has 38 heavy (non-hydrogen) atoms. The van der Waals surface area contributed by atoms with Gasteiger partial charge in [0.1, 0.15) is 12.2 Å². The molecule has 0 bridgehead atoms. The number of amides is 1. The molecule has 0 spiro atoms. The molecule has 204 valence electrons. The lowest BCUT2D eigenvalue weighted by Gasteiger charge is -2.24. The minimum Gasteiger partial charge on any atom is -0.476 e. The Hall–Kier alpha value is -3.59. The van der Waals surface area contributed by atoms with E-state index in [-0.39, 0.29) is 12.2 Å². The van der Waals surface area contributed by atoms with E-state index in [1.54, 1.807) is 20.4 Å². The first-order valence-corrected chi connectivity index (χ1v) is 13.0. The third-order valence-electron chi connectivity index (χ3n) is 6.52. The second-order valence-electron chi connectivity index (χ2n) is 10.9. The molecular weight excluding hydrogens is 482 g/mol. The summed E-state index contributed by atoms with van der Waals surface area (Å²) in [6.07, 6.45) is 2.63. The van der Waals surface area contributed by atoms with E-state index in [2.05, 4.69) is 39.0 Å². The van der Waals surface area contributed by atoms with Gasteiger partial charge in [0.05, 0.1) is 23.9 Å². The first-order chi connectivity index (χ1) is 18.0. The molecule has 9 heteroatoms. The van der Waals surface area contributed by atoms with Crippen molar-refractivity contribution < 1.29 is 19.0 Å². The largest absolute Gasteiger partial charge is 0.476 e. The molecule has 1 amide bonds. The van der Waals surface area contributed by atoms with Crippen molar-refractivity contribution in [3.63, 3.8) is 0 Å². The van der Waals surface area contributed by atoms with Gasteiger partial charge in [-0.2, -0.15) is 0 Å². The van der Waals surface area contributed by atoms with Crippen molar-refractivity contribution in [2.45, 2.75) is 38.9 Å². The number of hydrogen-bond acceptors (Lipinski definition) is 8. The van der Waals surface area contributed by atoms with Crippen molar-refractivity contribution in [1.82, 2.24) is 14.9 Å². The molecule has 1 aromatic carbocycles. The molecule has 4 rings (SSSR count). The smallest absolute Gasteiger partial charge is 0.410 e. The molecule has 1 aliphatic heterocycles. The van der Waals surface area contributed by atoms with Crippen LogP contribution in [0.15, 0.2) is 42.6 Å². The fourth-order valence-electron chi connectivity index (χ4n) is 4.36. The number of benzene rings is 1. The summed E-state index contributed by atoms with van der Waals surface area (Å²) in [5.74, 6) is 0.490. The number of likely N-dealkylation sites (N-methyl/N-ethyl adjacent to an activating group) is 1. The summed E-state index contributed by atoms with van der Waals surface area (Å²) in [6, 6.07) is 12.4. The maximum absolute atomic E-state index is 12.1. The normalized spacial score (nSPS) is 15.6. The van der Waals surface area contributed by atoms with Gasteiger partial charge >= 0.3 is 6.09 Å². The van der Waals surface area contributed by atoms with E-state index in [9.17, 15) is 4.79 Å². The van der Waals surface area contributed by atoms with Gasteiger partial charge in [-0.1, -0.05) is 0 Å². The standard InChI is InChI=1S/C29H39N5O4/c1-29(2,3)38-28(35)33(6)14-15-37-27-11-8-20(18-30-27)24-17-26(34-13-12-22(19-34)36-7)23-10-9-21(32(4)5)16-25(23)31-24/h8-11,16-18,22H,12-15,19H2,1-7H3. The van der Waals surface area contributed by atoms with E-state index in [1.165, 1.54) is 4.90 Å². The zero-order valence-electron chi connectivity index (χ0n) is 23.5. The Labute approximate surface area is 225 Å². The highest BCUT2D eigenvalue weighted by atomic mass is 16.6. The molecule has 1 saturated heterocycles. The Morgan fingerprint density at radius 1 is 1.13 bits per heavy atom. The second kappa shape index (κ2) is 11.4. The topological polar surface area (TPSA) is 80.3 Å². The van der Waals surface area contributed by atoms with Gasteiger partial charge < -0.3 is 28.9 Å². The van der Waals surface area contributed by atoms with Crippen LogP contribution in [0.25, 0.3) is 22.2 Å². The van der Waals surface area contributed by atoms with Crippen molar-refractivity contribution in [3.05, 3.63) is 42.6 Å². The van der Waals surface area contributed by atoms with Gasteiger partial charge in [-0.15, -0.1) is 0 Å². The Bertz CT molecular complexity index is 1260. The third-order valence-corrected chi connectivity index (χ3v) is 6.52. The van der Waals surface area contributed by atoms with Gasteiger partial charge in [-0.3, -0.25) is 0 Å². The van der Waals surface area contributed by atoms with Crippen LogP contribution < -0.4 is 14.5 Å². The van der Waals surface area contributed by atoms with Crippen LogP contribution in [0, 0.1) is 0 Å². The number of hydrogen-bond donors (Lipinski definition) is 0. The molecular formula is C29H39N5O4. The van der Waals surface area contributed by atoms with Crippen molar-refractivity contribution in [3.8, 4) is 17.1 Å². The van der Waals surface area contributed by atoms with Crippen LogP contribution in [0.5, 0.6) is 5.88 Å². The first-order valence-electron chi connectivity index (χ1n) is 13.0. The number of aromatic nitrogens is 2. The zero-order chi connectivity index (χ0) is 27.4. The van der Waals surface area contributed by atoms with E-state index in [1.807, 2.05) is 47.0 Å². The summed E-state index contributed by atoms with van der Waals surface area (Å²) in [7, 11) is 7.53. The van der Waals surface area contributed by atoms with Gasteiger partial charge in [-0.25, -0.2) is 14.8 Å². The summed E-state index contributed by atoms with van der Waals surface area (Å²) < 4.78 is 16.8. The summed E-state index contributed by atoms with van der Waals surface area (Å²) in [6.45, 7) is 8.02. The summed E-state index contributed by atoms with van der Waals surface area (Å²) in [5, 5.41) is 1.12. The van der Waals surface area contributed by atoms with Crippen molar-refractivity contribution >= 4 is 28.4 Å². The predicted octanol–water partition coefficient (Wildman–Crippen LogP) is 4.83. The summed E-state index contributed by atoms with van der Waals surface area (Å²) in [4.78, 5) is 27.6. The van der Waals surface area contributed by atoms with Crippen molar-refractivity contribution in [1.29, 1.82) is 0 Å². The quantitative estimate of drug-likeness (QED) is 0.417. The lowest BCUT2D eigenvalue weighted by molar-refractivity contribution is 0.0277. The molecule has 1 atom stereocenters. The van der Waals surface area contributed by atoms with Crippen molar-refractivity contribution in [2.24, 2.45) is 0 Å². The molecule has 3 heterocycles. The number of carbonyl (C=O) groups excluding carboxylic acids is 1. The molecule has 0 saturated carbocycles. The van der Waals surface area contributed by atoms with E-state index >= 15 is 0 Å². The van der Waals surface area contributed by atoms with E-state index < -0.39 is 5.60 Å². The molecule has 9 nitrogen and oxygen atoms in total. The second-order valence-corrected chi connectivity index (χ2v) is 10.9. The number of ether oxygens (including phenoxy) is 3. The fourth-order valence-corrected chi connectivity index (χ4v) is 4.36. The molecule has 1 fully saturated rings. The maximum atomic E-state index is 12.1. The molecule has 3 aromatic rings. The minimum absolute atomic E-state index is 0.232. The lowest BCUT2D eigenvalue weighted by atomic mass is 10.1. The molecule has 0 N–H and O–H groups in total. The molecule has 2 aromatic heterocycles. The van der Waals surface area contributed by atoms with E-state index in [0.29, 0.717) is 19.0 Å². The van der Waals surface area contributed by atoms with Crippen LogP contribution >= 0.6 is 0 Å². The van der Waals surface area contributed by atoms with E-state index in [4.69, 9.17) is 19.2 Å². The van der Waals surface area contributed by atoms with Gasteiger partial charge in [-0.05, 0) is 57.5 Å². The summed E-state index contributed by atoms with van der Waals surface area (Å²) in [5.41, 5.74) is 4.42. The van der Waals surface area contributed by atoms with Crippen molar-refractivity contribution in [2.75, 3.05) is 64.3 Å². The Morgan fingerprint density at radius 2 is 1.92 bits per heavy atom. The number of carbonyl (C=O) groups is 1. The Morgan fingerprint density at radius 3 is 2.55 bits per heavy atom. The lowest BCUT2D eigenvalue weighted by Crippen LogP contribution is -2.36. The number of rotatable bonds is 8. The fraction of sp³-hybridized carbons (Fsp3) is 0.483. The average molecular weight is 522 g/mol. The van der Waals surface area contributed by atoms with Crippen LogP contribution in [0.2, 0.25) is 0 Å². The Kier molecular flexibility index (Phi) is 8.26. The number of nitrogens with zero attached hydrogens (tertiary/aromatic N) is 5. The molecule has 0 radical (unpaired) electrons. The third kappa shape index (κ3) is 6.64. The number of pyridine rings is 2. The van der Waals surface area contributed by atoms with Crippen LogP contribution in [-0.4, -0.2) is 87.2 Å². The van der Waals surface area contributed by atoms with Gasteiger partial charge in [0.2, 0.25) is 5.88 Å². The van der Waals surface area contributed by atoms with E-state index in [0.717, 1.165) is 53.0 Å². The highest BCUT2D eigenvalue weighted by Crippen LogP contribution is 2.35. The molecule has 1 unspecified atom stereocenters. The average Bonchev–Trinajstić information content (AvgIpc) is 3.36. The zero-order valence-corrected chi connectivity index (χ0v) is 23.5. The van der Waals surface area contributed by atoms with Crippen LogP contribution in [-0.2, 0) is 9.47 Å². The van der Waals surface area contributed by atoms with Crippen LogP contribution in [0.4, 0.5) is 16.2 Å². The SMILES string of the molecule is COC1CCN(c2cc(-c3ccc(OCCN(C)C(=O)OC(C)(C)C)nc3)nc3cc(N(C)C)ccc23)C1. The number of methoxy groups -OCH3 is 1. The van der Waals surface area contributed by atoms with Gasteiger partial charge in [0.15, 0.2) is 0 Å². The monoisotopic (exact) mass is 521 g/mol. The number of anilines is 2. The Balaban J connectivity index is 1.52. The highest BCUT2D eigenvalue weighted by Gasteiger charge is 2.25. The number of fused-ring (bicyclic) bond motifs is 1. The molecule has 1 aliphatic rings. The summed E-state index contributed by atoms with van der Waals surface area (Å²) >= 11 is 0. The highest BCUT2D eigenvalue weighted by molar-refractivity contribution is 5.96. The van der Waals surface area contributed by atoms with Crippen LogP contribution in [0.1, 0.15) is 27.2 Å². The molecule has 0 aliphatic carbocycles. The maximum Gasteiger partial charge on any atom is 0.410 e. The minimum atomic E-state index is -0.533. The first kappa shape index (κ1) is 27.4. The van der Waals surface area contributed by atoms with Gasteiger partial charge in [0.25, 0.3) is 0 Å².